The van der Waals surface area contributed by atoms with Crippen molar-refractivity contribution in [2.45, 2.75) is 38.1 Å². The number of carbonyl (C=O) groups excluding carboxylic acids is 1. The largest absolute Gasteiger partial charge is 0.450 e. The molecule has 120 valence electrons. The standard InChI is InChI=1S/C18H26N2O2/c1-2-22-18(21)20-10-8-16(9-11-20)19-13-15-12-17(15)14-6-4-3-5-7-14/h3-7,15-17,19H,2,8-13H2,1H3/t15-,17+/m0/s1. The van der Waals surface area contributed by atoms with Crippen LogP contribution >= 0.6 is 0 Å². The maximum absolute atomic E-state index is 11.7. The minimum absolute atomic E-state index is 0.160. The van der Waals surface area contributed by atoms with Crippen LogP contribution in [0.25, 0.3) is 0 Å². The topological polar surface area (TPSA) is 41.6 Å². The molecule has 1 aliphatic carbocycles. The van der Waals surface area contributed by atoms with Crippen LogP contribution in [0.2, 0.25) is 0 Å². The molecule has 2 aliphatic rings. The van der Waals surface area contributed by atoms with E-state index in [2.05, 4.69) is 35.6 Å². The van der Waals surface area contributed by atoms with Gasteiger partial charge in [-0.05, 0) is 50.1 Å². The van der Waals surface area contributed by atoms with Crippen molar-refractivity contribution in [2.24, 2.45) is 5.92 Å². The van der Waals surface area contributed by atoms with Crippen LogP contribution in [0.4, 0.5) is 4.79 Å². The molecular weight excluding hydrogens is 276 g/mol. The minimum Gasteiger partial charge on any atom is -0.450 e. The van der Waals surface area contributed by atoms with E-state index in [1.807, 2.05) is 11.8 Å². The highest BCUT2D eigenvalue weighted by atomic mass is 16.6. The van der Waals surface area contributed by atoms with Crippen LogP contribution in [0.3, 0.4) is 0 Å². The first-order valence-electron chi connectivity index (χ1n) is 8.48. The summed E-state index contributed by atoms with van der Waals surface area (Å²) in [6, 6.07) is 11.4. The molecule has 3 rings (SSSR count). The van der Waals surface area contributed by atoms with E-state index in [4.69, 9.17) is 4.74 Å². The second kappa shape index (κ2) is 7.14. The van der Waals surface area contributed by atoms with E-state index in [0.717, 1.165) is 44.3 Å². The van der Waals surface area contributed by atoms with Crippen molar-refractivity contribution >= 4 is 6.09 Å². The molecule has 0 aromatic heterocycles. The zero-order valence-corrected chi connectivity index (χ0v) is 13.3. The SMILES string of the molecule is CCOC(=O)N1CCC(NC[C@@H]2C[C@@H]2c2ccccc2)CC1. The van der Waals surface area contributed by atoms with Crippen LogP contribution in [0.1, 0.15) is 37.7 Å². The maximum Gasteiger partial charge on any atom is 0.409 e. The molecule has 0 unspecified atom stereocenters. The van der Waals surface area contributed by atoms with E-state index < -0.39 is 0 Å². The molecule has 1 aromatic rings. The molecule has 1 amide bonds. The Labute approximate surface area is 132 Å². The number of carbonyl (C=O) groups is 1. The fourth-order valence-corrected chi connectivity index (χ4v) is 3.38. The highest BCUT2D eigenvalue weighted by molar-refractivity contribution is 5.67. The summed E-state index contributed by atoms with van der Waals surface area (Å²) < 4.78 is 5.05. The highest BCUT2D eigenvalue weighted by Gasteiger charge is 2.38. The second-order valence-electron chi connectivity index (χ2n) is 6.38. The Balaban J connectivity index is 1.36. The fraction of sp³-hybridized carbons (Fsp3) is 0.611. The molecular formula is C18H26N2O2. The summed E-state index contributed by atoms with van der Waals surface area (Å²) in [5.41, 5.74) is 1.48. The smallest absolute Gasteiger partial charge is 0.409 e. The number of hydrogen-bond acceptors (Lipinski definition) is 3. The fourth-order valence-electron chi connectivity index (χ4n) is 3.38. The van der Waals surface area contributed by atoms with Gasteiger partial charge in [-0.1, -0.05) is 30.3 Å². The minimum atomic E-state index is -0.160. The first-order chi connectivity index (χ1) is 10.8. The molecule has 1 aromatic carbocycles. The van der Waals surface area contributed by atoms with E-state index >= 15 is 0 Å². The number of nitrogens with zero attached hydrogens (tertiary/aromatic N) is 1. The van der Waals surface area contributed by atoms with Gasteiger partial charge in [-0.15, -0.1) is 0 Å². The predicted octanol–water partition coefficient (Wildman–Crippen LogP) is 3.00. The lowest BCUT2D eigenvalue weighted by atomic mass is 10.0. The summed E-state index contributed by atoms with van der Waals surface area (Å²) in [6.45, 7) is 5.03. The first-order valence-corrected chi connectivity index (χ1v) is 8.48. The Morgan fingerprint density at radius 3 is 2.68 bits per heavy atom. The Kier molecular flexibility index (Phi) is 4.98. The van der Waals surface area contributed by atoms with Crippen LogP contribution in [0, 0.1) is 5.92 Å². The molecule has 1 saturated heterocycles. The van der Waals surface area contributed by atoms with Crippen molar-refractivity contribution in [3.63, 3.8) is 0 Å². The third-order valence-electron chi connectivity index (χ3n) is 4.84. The van der Waals surface area contributed by atoms with Crippen LogP contribution in [-0.4, -0.2) is 43.3 Å². The van der Waals surface area contributed by atoms with Crippen molar-refractivity contribution in [3.05, 3.63) is 35.9 Å². The zero-order chi connectivity index (χ0) is 15.4. The van der Waals surface area contributed by atoms with Crippen LogP contribution in [-0.2, 0) is 4.74 Å². The molecule has 0 radical (unpaired) electrons. The van der Waals surface area contributed by atoms with E-state index in [-0.39, 0.29) is 6.09 Å². The van der Waals surface area contributed by atoms with Gasteiger partial charge in [0.15, 0.2) is 0 Å². The molecule has 0 bridgehead atoms. The van der Waals surface area contributed by atoms with Gasteiger partial charge in [0.2, 0.25) is 0 Å². The molecule has 1 saturated carbocycles. The molecule has 4 heteroatoms. The summed E-state index contributed by atoms with van der Waals surface area (Å²) in [5, 5.41) is 3.70. The monoisotopic (exact) mass is 302 g/mol. The Morgan fingerprint density at radius 2 is 2.00 bits per heavy atom. The lowest BCUT2D eigenvalue weighted by Gasteiger charge is -2.31. The molecule has 2 fully saturated rings. The molecule has 0 spiro atoms. The van der Waals surface area contributed by atoms with Gasteiger partial charge >= 0.3 is 6.09 Å². The molecule has 22 heavy (non-hydrogen) atoms. The Hall–Kier alpha value is -1.55. The Bertz CT molecular complexity index is 483. The zero-order valence-electron chi connectivity index (χ0n) is 13.3. The highest BCUT2D eigenvalue weighted by Crippen LogP contribution is 2.46. The first kappa shape index (κ1) is 15.3. The summed E-state index contributed by atoms with van der Waals surface area (Å²) in [6.07, 6.45) is 3.20. The lowest BCUT2D eigenvalue weighted by molar-refractivity contribution is 0.0950. The maximum atomic E-state index is 11.7. The van der Waals surface area contributed by atoms with Crippen molar-refractivity contribution < 1.29 is 9.53 Å². The normalized spacial score (nSPS) is 25.0. The molecule has 1 heterocycles. The van der Waals surface area contributed by atoms with Gasteiger partial charge in [0.25, 0.3) is 0 Å². The predicted molar refractivity (Wildman–Crippen MR) is 86.9 cm³/mol. The number of ether oxygens (including phenoxy) is 1. The second-order valence-corrected chi connectivity index (χ2v) is 6.38. The number of benzene rings is 1. The van der Waals surface area contributed by atoms with E-state index in [9.17, 15) is 4.79 Å². The van der Waals surface area contributed by atoms with Gasteiger partial charge in [-0.2, -0.15) is 0 Å². The van der Waals surface area contributed by atoms with Crippen molar-refractivity contribution in [2.75, 3.05) is 26.2 Å². The quantitative estimate of drug-likeness (QED) is 0.909. The number of hydrogen-bond donors (Lipinski definition) is 1. The third kappa shape index (κ3) is 3.80. The summed E-state index contributed by atoms with van der Waals surface area (Å²) >= 11 is 0. The molecule has 1 aliphatic heterocycles. The Morgan fingerprint density at radius 1 is 1.27 bits per heavy atom. The average molecular weight is 302 g/mol. The number of amides is 1. The summed E-state index contributed by atoms with van der Waals surface area (Å²) in [7, 11) is 0. The van der Waals surface area contributed by atoms with Crippen LogP contribution in [0.15, 0.2) is 30.3 Å². The van der Waals surface area contributed by atoms with Crippen molar-refractivity contribution in [1.29, 1.82) is 0 Å². The molecule has 4 nitrogen and oxygen atoms in total. The van der Waals surface area contributed by atoms with Crippen molar-refractivity contribution in [3.8, 4) is 0 Å². The van der Waals surface area contributed by atoms with E-state index in [1.165, 1.54) is 12.0 Å². The average Bonchev–Trinajstić information content (AvgIpc) is 3.34. The van der Waals surface area contributed by atoms with Gasteiger partial charge < -0.3 is 15.0 Å². The summed E-state index contributed by atoms with van der Waals surface area (Å²) in [4.78, 5) is 13.5. The van der Waals surface area contributed by atoms with E-state index in [0.29, 0.717) is 12.6 Å². The number of likely N-dealkylation sites (tertiary alicyclic amines) is 1. The number of piperidine rings is 1. The number of nitrogens with one attached hydrogen (secondary N) is 1. The van der Waals surface area contributed by atoms with Crippen molar-refractivity contribution in [1.82, 2.24) is 10.2 Å². The third-order valence-corrected chi connectivity index (χ3v) is 4.84. The summed E-state index contributed by atoms with van der Waals surface area (Å²) in [5.74, 6) is 1.53. The van der Waals surface area contributed by atoms with Gasteiger partial charge in [-0.3, -0.25) is 0 Å². The lowest BCUT2D eigenvalue weighted by Crippen LogP contribution is -2.45. The molecule has 1 N–H and O–H groups in total. The van der Waals surface area contributed by atoms with Gasteiger partial charge in [0.05, 0.1) is 6.61 Å². The van der Waals surface area contributed by atoms with E-state index in [1.54, 1.807) is 0 Å². The number of rotatable bonds is 5. The van der Waals surface area contributed by atoms with Gasteiger partial charge in [-0.25, -0.2) is 4.79 Å². The van der Waals surface area contributed by atoms with Crippen LogP contribution in [0.5, 0.6) is 0 Å². The van der Waals surface area contributed by atoms with Crippen LogP contribution < -0.4 is 5.32 Å². The van der Waals surface area contributed by atoms with Gasteiger partial charge in [0.1, 0.15) is 0 Å². The van der Waals surface area contributed by atoms with Gasteiger partial charge in [0, 0.05) is 19.1 Å². The molecule has 2 atom stereocenters.